The van der Waals surface area contributed by atoms with Crippen LogP contribution in [-0.2, 0) is 13.1 Å². The fourth-order valence-corrected chi connectivity index (χ4v) is 2.18. The second-order valence-corrected chi connectivity index (χ2v) is 4.72. The predicted octanol–water partition coefficient (Wildman–Crippen LogP) is 3.25. The first kappa shape index (κ1) is 15.5. The van der Waals surface area contributed by atoms with Crippen molar-refractivity contribution in [3.05, 3.63) is 40.8 Å². The van der Waals surface area contributed by atoms with E-state index in [-0.39, 0.29) is 0 Å². The molecule has 21 heavy (non-hydrogen) atoms. The number of rotatable bonds is 7. The molecule has 2 rings (SSSR count). The first-order valence-corrected chi connectivity index (χ1v) is 6.79. The van der Waals surface area contributed by atoms with Crippen molar-refractivity contribution in [2.75, 3.05) is 21.3 Å². The van der Waals surface area contributed by atoms with E-state index in [1.54, 1.807) is 27.4 Å². The van der Waals surface area contributed by atoms with Crippen LogP contribution < -0.4 is 19.5 Å². The molecule has 1 heterocycles. The summed E-state index contributed by atoms with van der Waals surface area (Å²) in [5.74, 6) is 2.64. The summed E-state index contributed by atoms with van der Waals surface area (Å²) >= 11 is 5.73. The number of halogens is 1. The second kappa shape index (κ2) is 7.24. The molecule has 114 valence electrons. The van der Waals surface area contributed by atoms with Crippen molar-refractivity contribution in [3.63, 3.8) is 0 Å². The maximum Gasteiger partial charge on any atom is 0.203 e. The van der Waals surface area contributed by atoms with Gasteiger partial charge in [0, 0.05) is 6.54 Å². The van der Waals surface area contributed by atoms with Crippen molar-refractivity contribution in [1.82, 2.24) is 5.32 Å². The van der Waals surface area contributed by atoms with E-state index in [0.717, 1.165) is 11.3 Å². The highest BCUT2D eigenvalue weighted by Gasteiger charge is 2.13. The minimum atomic E-state index is 0.389. The number of furan rings is 1. The minimum Gasteiger partial charge on any atom is -0.493 e. The van der Waals surface area contributed by atoms with Gasteiger partial charge in [0.15, 0.2) is 16.7 Å². The van der Waals surface area contributed by atoms with Gasteiger partial charge in [-0.2, -0.15) is 0 Å². The number of hydrogen-bond acceptors (Lipinski definition) is 5. The minimum absolute atomic E-state index is 0.389. The molecule has 0 saturated carbocycles. The molecule has 5 nitrogen and oxygen atoms in total. The Balaban J connectivity index is 2.05. The van der Waals surface area contributed by atoms with E-state index in [1.807, 2.05) is 18.2 Å². The highest BCUT2D eigenvalue weighted by atomic mass is 35.5. The first-order chi connectivity index (χ1) is 10.2. The molecule has 0 radical (unpaired) electrons. The summed E-state index contributed by atoms with van der Waals surface area (Å²) in [5.41, 5.74) is 1.02. The van der Waals surface area contributed by atoms with Crippen LogP contribution >= 0.6 is 11.6 Å². The lowest BCUT2D eigenvalue weighted by molar-refractivity contribution is 0.323. The van der Waals surface area contributed by atoms with Crippen LogP contribution in [0.1, 0.15) is 11.3 Å². The van der Waals surface area contributed by atoms with Crippen molar-refractivity contribution in [2.45, 2.75) is 13.1 Å². The molecule has 1 aromatic heterocycles. The van der Waals surface area contributed by atoms with E-state index in [4.69, 9.17) is 30.2 Å². The molecule has 0 bridgehead atoms. The predicted molar refractivity (Wildman–Crippen MR) is 80.4 cm³/mol. The van der Waals surface area contributed by atoms with Gasteiger partial charge in [-0.15, -0.1) is 0 Å². The summed E-state index contributed by atoms with van der Waals surface area (Å²) in [4.78, 5) is 0. The van der Waals surface area contributed by atoms with E-state index in [2.05, 4.69) is 5.32 Å². The van der Waals surface area contributed by atoms with Crippen molar-refractivity contribution >= 4 is 11.6 Å². The van der Waals surface area contributed by atoms with Crippen LogP contribution in [0.25, 0.3) is 0 Å². The SMILES string of the molecule is COc1cc(CNCc2ccc(Cl)o2)cc(OC)c1OC. The molecule has 1 aromatic carbocycles. The van der Waals surface area contributed by atoms with Crippen molar-refractivity contribution in [3.8, 4) is 17.2 Å². The molecule has 0 aliphatic carbocycles. The molecule has 1 N–H and O–H groups in total. The van der Waals surface area contributed by atoms with Crippen LogP contribution in [0.15, 0.2) is 28.7 Å². The summed E-state index contributed by atoms with van der Waals surface area (Å²) in [6.45, 7) is 1.22. The van der Waals surface area contributed by atoms with Gasteiger partial charge in [0.2, 0.25) is 5.75 Å². The monoisotopic (exact) mass is 311 g/mol. The van der Waals surface area contributed by atoms with Crippen molar-refractivity contribution < 1.29 is 18.6 Å². The van der Waals surface area contributed by atoms with Gasteiger partial charge < -0.3 is 23.9 Å². The number of methoxy groups -OCH3 is 3. The molecule has 6 heteroatoms. The number of nitrogens with one attached hydrogen (secondary N) is 1. The second-order valence-electron chi connectivity index (χ2n) is 4.34. The molecule has 0 spiro atoms. The van der Waals surface area contributed by atoms with Crippen molar-refractivity contribution in [2.24, 2.45) is 0 Å². The Labute approximate surface area is 128 Å². The number of hydrogen-bond donors (Lipinski definition) is 1. The van der Waals surface area contributed by atoms with Crippen LogP contribution in [0.5, 0.6) is 17.2 Å². The highest BCUT2D eigenvalue weighted by molar-refractivity contribution is 6.28. The molecule has 0 atom stereocenters. The highest BCUT2D eigenvalue weighted by Crippen LogP contribution is 2.38. The fraction of sp³-hybridized carbons (Fsp3) is 0.333. The van der Waals surface area contributed by atoms with Crippen LogP contribution in [0.2, 0.25) is 5.22 Å². The molecule has 0 saturated heterocycles. The summed E-state index contributed by atoms with van der Waals surface area (Å²) in [6.07, 6.45) is 0. The van der Waals surface area contributed by atoms with Gasteiger partial charge in [-0.25, -0.2) is 0 Å². The molecule has 0 amide bonds. The van der Waals surface area contributed by atoms with Crippen LogP contribution in [-0.4, -0.2) is 21.3 Å². The maximum absolute atomic E-state index is 5.73. The topological polar surface area (TPSA) is 52.9 Å². The van der Waals surface area contributed by atoms with Gasteiger partial charge in [0.05, 0.1) is 27.9 Å². The average molecular weight is 312 g/mol. The van der Waals surface area contributed by atoms with Crippen LogP contribution in [0.3, 0.4) is 0 Å². The number of benzene rings is 1. The summed E-state index contributed by atoms with van der Waals surface area (Å²) in [5, 5.41) is 3.66. The quantitative estimate of drug-likeness (QED) is 0.850. The summed E-state index contributed by atoms with van der Waals surface area (Å²) in [6, 6.07) is 7.37. The maximum atomic E-state index is 5.73. The molecule has 0 aliphatic heterocycles. The van der Waals surface area contributed by atoms with Gasteiger partial charge >= 0.3 is 0 Å². The molecular formula is C15H18ClNO4. The third-order valence-corrected chi connectivity index (χ3v) is 3.18. The Kier molecular flexibility index (Phi) is 5.36. The fourth-order valence-electron chi connectivity index (χ4n) is 2.01. The Morgan fingerprint density at radius 1 is 1.00 bits per heavy atom. The van der Waals surface area contributed by atoms with Crippen LogP contribution in [0, 0.1) is 0 Å². The normalized spacial score (nSPS) is 10.5. The zero-order valence-electron chi connectivity index (χ0n) is 12.2. The molecule has 0 unspecified atom stereocenters. The van der Waals surface area contributed by atoms with Gasteiger partial charge in [-0.05, 0) is 41.4 Å². The molecule has 0 fully saturated rings. The molecule has 2 aromatic rings. The standard InChI is InChI=1S/C15H18ClNO4/c1-18-12-6-10(7-13(19-2)15(12)20-3)8-17-9-11-4-5-14(16)21-11/h4-7,17H,8-9H2,1-3H3. The lowest BCUT2D eigenvalue weighted by atomic mass is 10.1. The van der Waals surface area contributed by atoms with Crippen LogP contribution in [0.4, 0.5) is 0 Å². The average Bonchev–Trinajstić information content (AvgIpc) is 2.91. The summed E-state index contributed by atoms with van der Waals surface area (Å²) in [7, 11) is 4.78. The smallest absolute Gasteiger partial charge is 0.203 e. The first-order valence-electron chi connectivity index (χ1n) is 6.41. The van der Waals surface area contributed by atoms with Crippen molar-refractivity contribution in [1.29, 1.82) is 0 Å². The molecule has 0 aliphatic rings. The zero-order chi connectivity index (χ0) is 15.2. The Hall–Kier alpha value is -1.85. The Morgan fingerprint density at radius 3 is 2.14 bits per heavy atom. The lowest BCUT2D eigenvalue weighted by Crippen LogP contribution is -2.12. The van der Waals surface area contributed by atoms with Gasteiger partial charge in [-0.1, -0.05) is 0 Å². The third-order valence-electron chi connectivity index (χ3n) is 2.98. The van der Waals surface area contributed by atoms with E-state index in [1.165, 1.54) is 0 Å². The van der Waals surface area contributed by atoms with E-state index in [9.17, 15) is 0 Å². The zero-order valence-corrected chi connectivity index (χ0v) is 13.0. The molecular weight excluding hydrogens is 294 g/mol. The van der Waals surface area contributed by atoms with Gasteiger partial charge in [0.25, 0.3) is 0 Å². The Morgan fingerprint density at radius 2 is 1.67 bits per heavy atom. The lowest BCUT2D eigenvalue weighted by Gasteiger charge is -2.14. The Bertz CT molecular complexity index is 572. The van der Waals surface area contributed by atoms with E-state index >= 15 is 0 Å². The number of ether oxygens (including phenoxy) is 3. The van der Waals surface area contributed by atoms with Gasteiger partial charge in [0.1, 0.15) is 5.76 Å². The van der Waals surface area contributed by atoms with Gasteiger partial charge in [-0.3, -0.25) is 0 Å². The van der Waals surface area contributed by atoms with E-state index < -0.39 is 0 Å². The largest absolute Gasteiger partial charge is 0.493 e. The van der Waals surface area contributed by atoms with E-state index in [0.29, 0.717) is 35.6 Å². The third kappa shape index (κ3) is 3.83. The summed E-state index contributed by atoms with van der Waals surface area (Å²) < 4.78 is 21.2.